The molecule has 0 aliphatic carbocycles. The van der Waals surface area contributed by atoms with Crippen molar-refractivity contribution in [3.8, 4) is 11.3 Å². The van der Waals surface area contributed by atoms with Gasteiger partial charge in [0, 0.05) is 10.6 Å². The zero-order valence-corrected chi connectivity index (χ0v) is 16.7. The summed E-state index contributed by atoms with van der Waals surface area (Å²) >= 11 is 7.38. The fourth-order valence-corrected chi connectivity index (χ4v) is 3.95. The summed E-state index contributed by atoms with van der Waals surface area (Å²) in [7, 11) is 0. The Labute approximate surface area is 171 Å². The van der Waals surface area contributed by atoms with Crippen molar-refractivity contribution >= 4 is 51.4 Å². The summed E-state index contributed by atoms with van der Waals surface area (Å²) < 4.78 is 5.82. The molecule has 2 aliphatic heterocycles. The lowest BCUT2D eigenvalue weighted by Crippen LogP contribution is -2.35. The molecule has 28 heavy (non-hydrogen) atoms. The minimum atomic E-state index is -0.462. The first-order valence-corrected chi connectivity index (χ1v) is 10.1. The highest BCUT2D eigenvalue weighted by atomic mass is 35.5. The zero-order chi connectivity index (χ0) is 19.7. The van der Waals surface area contributed by atoms with Gasteiger partial charge in [-0.05, 0) is 54.9 Å². The smallest absolute Gasteiger partial charge is 0.283 e. The lowest BCUT2D eigenvalue weighted by Gasteiger charge is -2.19. The van der Waals surface area contributed by atoms with Crippen LogP contribution in [0.15, 0.2) is 56.5 Å². The van der Waals surface area contributed by atoms with Crippen LogP contribution < -0.4 is 0 Å². The summed E-state index contributed by atoms with van der Waals surface area (Å²) in [6, 6.07) is 10.9. The first-order valence-electron chi connectivity index (χ1n) is 8.90. The van der Waals surface area contributed by atoms with Gasteiger partial charge in [0.2, 0.25) is 5.17 Å². The zero-order valence-electron chi connectivity index (χ0n) is 15.1. The fraction of sp³-hybridized carbons (Fsp3) is 0.200. The number of rotatable bonds is 5. The summed E-state index contributed by atoms with van der Waals surface area (Å²) in [5.74, 6) is 0.639. The number of nitrogens with one attached hydrogen (secondary N) is 1. The molecule has 8 heteroatoms. The summed E-state index contributed by atoms with van der Waals surface area (Å²) in [4.78, 5) is 16.5. The summed E-state index contributed by atoms with van der Waals surface area (Å²) in [5.41, 5.74) is 0.987. The average Bonchev–Trinajstić information content (AvgIpc) is 3.30. The third-order valence-corrected chi connectivity index (χ3v) is 5.47. The van der Waals surface area contributed by atoms with E-state index in [0.717, 1.165) is 29.9 Å². The summed E-state index contributed by atoms with van der Waals surface area (Å²) in [6.45, 7) is 2.11. The van der Waals surface area contributed by atoms with Gasteiger partial charge in [0.05, 0.1) is 5.57 Å². The van der Waals surface area contributed by atoms with Crippen LogP contribution in [0.25, 0.3) is 17.4 Å². The molecule has 0 saturated carbocycles. The standard InChI is InChI=1S/C20H17ClN4O2S/c1-2-3-7-17-24-25-18(22)15(19(26)23-20(25)28-17)11-14-8-9-16(27-14)12-5-4-6-13(21)10-12/h4-6,8-11,22H,2-3,7H2,1H3/b15-11+,22-18?. The van der Waals surface area contributed by atoms with E-state index in [1.807, 2.05) is 12.1 Å². The predicted octanol–water partition coefficient (Wildman–Crippen LogP) is 5.41. The number of thioether (sulfide) groups is 1. The maximum Gasteiger partial charge on any atom is 0.283 e. The highest BCUT2D eigenvalue weighted by molar-refractivity contribution is 8.26. The quantitative estimate of drug-likeness (QED) is 0.665. The molecule has 6 nitrogen and oxygen atoms in total. The predicted molar refractivity (Wildman–Crippen MR) is 114 cm³/mol. The monoisotopic (exact) mass is 412 g/mol. The van der Waals surface area contributed by atoms with Gasteiger partial charge in [0.1, 0.15) is 16.6 Å². The molecule has 0 bridgehead atoms. The normalized spacial score (nSPS) is 17.8. The van der Waals surface area contributed by atoms with Gasteiger partial charge in [0.25, 0.3) is 5.91 Å². The Morgan fingerprint density at radius 2 is 2.18 bits per heavy atom. The van der Waals surface area contributed by atoms with E-state index in [1.165, 1.54) is 22.8 Å². The van der Waals surface area contributed by atoms with Crippen LogP contribution in [0, 0.1) is 5.41 Å². The molecule has 1 aromatic heterocycles. The van der Waals surface area contributed by atoms with Crippen molar-refractivity contribution in [1.82, 2.24) is 5.01 Å². The van der Waals surface area contributed by atoms with Gasteiger partial charge >= 0.3 is 0 Å². The van der Waals surface area contributed by atoms with E-state index < -0.39 is 5.91 Å². The Hall–Kier alpha value is -2.64. The van der Waals surface area contributed by atoms with E-state index in [-0.39, 0.29) is 11.4 Å². The molecule has 0 radical (unpaired) electrons. The van der Waals surface area contributed by atoms with Gasteiger partial charge < -0.3 is 4.42 Å². The molecule has 0 unspecified atom stereocenters. The lowest BCUT2D eigenvalue weighted by molar-refractivity contribution is -0.114. The molecule has 4 rings (SSSR count). The number of amides is 1. The SMILES string of the molecule is CCCCC1=NN2C(=N)/C(=C\c3ccc(-c4cccc(Cl)c4)o3)C(=O)N=C2S1. The van der Waals surface area contributed by atoms with E-state index in [4.69, 9.17) is 21.4 Å². The molecule has 0 fully saturated rings. The molecular formula is C20H17ClN4O2S. The number of furan rings is 1. The second-order valence-corrected chi connectivity index (χ2v) is 7.81. The van der Waals surface area contributed by atoms with Crippen molar-refractivity contribution < 1.29 is 9.21 Å². The van der Waals surface area contributed by atoms with Crippen molar-refractivity contribution in [3.05, 3.63) is 52.8 Å². The first kappa shape index (κ1) is 18.7. The van der Waals surface area contributed by atoms with Crippen LogP contribution in [0.2, 0.25) is 5.02 Å². The summed E-state index contributed by atoms with van der Waals surface area (Å²) in [6.07, 6.45) is 4.41. The Kier molecular flexibility index (Phi) is 5.19. The number of unbranched alkanes of at least 4 members (excludes halogenated alkanes) is 1. The molecule has 0 spiro atoms. The number of halogens is 1. The fourth-order valence-electron chi connectivity index (χ4n) is 2.83. The van der Waals surface area contributed by atoms with Gasteiger partial charge in [0.15, 0.2) is 5.84 Å². The molecule has 0 saturated heterocycles. The van der Waals surface area contributed by atoms with Crippen molar-refractivity contribution in [2.45, 2.75) is 26.2 Å². The van der Waals surface area contributed by atoms with Crippen LogP contribution in [-0.4, -0.2) is 27.0 Å². The Balaban J connectivity index is 1.60. The van der Waals surface area contributed by atoms with Gasteiger partial charge in [-0.25, -0.2) is 0 Å². The highest BCUT2D eigenvalue weighted by Gasteiger charge is 2.35. The number of benzene rings is 1. The summed E-state index contributed by atoms with van der Waals surface area (Å²) in [5, 5.41) is 16.2. The number of aliphatic imine (C=N–C) groups is 1. The number of hydrogen-bond donors (Lipinski definition) is 1. The second kappa shape index (κ2) is 7.77. The third kappa shape index (κ3) is 3.68. The van der Waals surface area contributed by atoms with E-state index in [0.29, 0.717) is 21.7 Å². The number of carbonyl (C=O) groups excluding carboxylic acids is 1. The van der Waals surface area contributed by atoms with E-state index >= 15 is 0 Å². The van der Waals surface area contributed by atoms with Crippen molar-refractivity contribution in [1.29, 1.82) is 5.41 Å². The van der Waals surface area contributed by atoms with E-state index in [1.54, 1.807) is 24.3 Å². The molecule has 3 heterocycles. The average molecular weight is 413 g/mol. The van der Waals surface area contributed by atoms with Crippen LogP contribution in [0.5, 0.6) is 0 Å². The maximum atomic E-state index is 12.4. The van der Waals surface area contributed by atoms with Crippen LogP contribution in [0.3, 0.4) is 0 Å². The van der Waals surface area contributed by atoms with Gasteiger partial charge in [-0.3, -0.25) is 10.2 Å². The van der Waals surface area contributed by atoms with E-state index in [9.17, 15) is 4.79 Å². The van der Waals surface area contributed by atoms with Gasteiger partial charge in [-0.2, -0.15) is 15.1 Å². The van der Waals surface area contributed by atoms with Crippen molar-refractivity contribution in [3.63, 3.8) is 0 Å². The molecule has 2 aliphatic rings. The number of fused-ring (bicyclic) bond motifs is 1. The molecule has 1 aromatic carbocycles. The number of nitrogens with zero attached hydrogens (tertiary/aromatic N) is 3. The van der Waals surface area contributed by atoms with E-state index in [2.05, 4.69) is 17.0 Å². The minimum Gasteiger partial charge on any atom is -0.457 e. The molecule has 1 amide bonds. The molecule has 1 N–H and O–H groups in total. The number of carbonyl (C=O) groups is 1. The Morgan fingerprint density at radius 1 is 1.32 bits per heavy atom. The van der Waals surface area contributed by atoms with Crippen molar-refractivity contribution in [2.75, 3.05) is 0 Å². The minimum absolute atomic E-state index is 0.00899. The number of hydrogen-bond acceptors (Lipinski definition) is 5. The first-order chi connectivity index (χ1) is 13.5. The molecule has 142 valence electrons. The third-order valence-electron chi connectivity index (χ3n) is 4.26. The Morgan fingerprint density at radius 3 is 2.96 bits per heavy atom. The molecule has 0 atom stereocenters. The largest absolute Gasteiger partial charge is 0.457 e. The van der Waals surface area contributed by atoms with Crippen LogP contribution >= 0.6 is 23.4 Å². The molecular weight excluding hydrogens is 396 g/mol. The maximum absolute atomic E-state index is 12.4. The number of amidine groups is 2. The van der Waals surface area contributed by atoms with Gasteiger partial charge in [-0.15, -0.1) is 0 Å². The van der Waals surface area contributed by atoms with Crippen LogP contribution in [-0.2, 0) is 4.79 Å². The Bertz CT molecular complexity index is 1050. The highest BCUT2D eigenvalue weighted by Crippen LogP contribution is 2.31. The lowest BCUT2D eigenvalue weighted by atomic mass is 10.1. The topological polar surface area (TPSA) is 82.0 Å². The second-order valence-electron chi connectivity index (χ2n) is 6.33. The van der Waals surface area contributed by atoms with Crippen molar-refractivity contribution in [2.24, 2.45) is 10.1 Å². The molecule has 2 aromatic rings. The van der Waals surface area contributed by atoms with Crippen LogP contribution in [0.4, 0.5) is 0 Å². The van der Waals surface area contributed by atoms with Crippen LogP contribution in [0.1, 0.15) is 31.9 Å². The van der Waals surface area contributed by atoms with Gasteiger partial charge in [-0.1, -0.05) is 37.1 Å². The number of hydrazone groups is 1.